The van der Waals surface area contributed by atoms with E-state index in [1.807, 2.05) is 33.8 Å². The first kappa shape index (κ1) is 16.6. The number of fused-ring (bicyclic) bond motifs is 1. The molecule has 2 aromatic rings. The first-order chi connectivity index (χ1) is 10.3. The molecule has 0 fully saturated rings. The number of rotatable bonds is 4. The highest BCUT2D eigenvalue weighted by Crippen LogP contribution is 2.14. The third-order valence-electron chi connectivity index (χ3n) is 2.90. The molecule has 2 N–H and O–H groups in total. The van der Waals surface area contributed by atoms with E-state index in [0.29, 0.717) is 11.3 Å². The number of nitrogens with zero attached hydrogens (tertiary/aromatic N) is 3. The van der Waals surface area contributed by atoms with E-state index in [1.54, 1.807) is 16.9 Å². The smallest absolute Gasteiger partial charge is 0.407 e. The molecule has 0 radical (unpaired) electrons. The van der Waals surface area contributed by atoms with E-state index in [2.05, 4.69) is 32.9 Å². The summed E-state index contributed by atoms with van der Waals surface area (Å²) in [7, 11) is 0. The van der Waals surface area contributed by atoms with Gasteiger partial charge in [-0.1, -0.05) is 12.8 Å². The summed E-state index contributed by atoms with van der Waals surface area (Å²) in [6.07, 6.45) is 3.06. The molecule has 1 unspecified atom stereocenters. The van der Waals surface area contributed by atoms with Crippen LogP contribution in [0.5, 0.6) is 0 Å². The van der Waals surface area contributed by atoms with Crippen LogP contribution in [0.3, 0.4) is 0 Å². The summed E-state index contributed by atoms with van der Waals surface area (Å²) in [6, 6.07) is 2.00. The zero-order valence-corrected chi connectivity index (χ0v) is 14.0. The fraction of sp³-hybridized carbons (Fsp3) is 0.500. The molecule has 0 spiro atoms. The zero-order chi connectivity index (χ0) is 16.3. The second-order valence-corrected chi connectivity index (χ2v) is 6.29. The van der Waals surface area contributed by atoms with E-state index >= 15 is 0 Å². The Hall–Kier alpha value is -1.80. The molecule has 0 saturated heterocycles. The minimum absolute atomic E-state index is 0.0703. The van der Waals surface area contributed by atoms with Crippen LogP contribution in [0.2, 0.25) is 0 Å². The number of hydrogen-bond acceptors (Lipinski definition) is 6. The van der Waals surface area contributed by atoms with Gasteiger partial charge in [0.05, 0.1) is 24.6 Å². The predicted octanol–water partition coefficient (Wildman–Crippen LogP) is 2.25. The molecule has 0 aliphatic rings. The van der Waals surface area contributed by atoms with Crippen LogP contribution in [0.15, 0.2) is 18.5 Å². The minimum Gasteiger partial charge on any atom is -0.444 e. The van der Waals surface area contributed by atoms with Crippen molar-refractivity contribution in [2.75, 3.05) is 0 Å². The van der Waals surface area contributed by atoms with Crippen LogP contribution < -0.4 is 10.0 Å². The number of amides is 1. The maximum atomic E-state index is 11.6. The SMILES string of the molecule is CC(NS)c1cnn2cc(CNC(=O)OC(C)(C)C)nc2c1. The monoisotopic (exact) mass is 323 g/mol. The lowest BCUT2D eigenvalue weighted by atomic mass is 10.2. The van der Waals surface area contributed by atoms with E-state index in [9.17, 15) is 4.79 Å². The highest BCUT2D eigenvalue weighted by atomic mass is 32.1. The second-order valence-electron chi connectivity index (χ2n) is 6.03. The molecule has 0 aliphatic heterocycles. The molecule has 0 aliphatic carbocycles. The summed E-state index contributed by atoms with van der Waals surface area (Å²) in [6.45, 7) is 7.72. The molecule has 1 amide bonds. The molecule has 2 rings (SSSR count). The number of hydrogen-bond donors (Lipinski definition) is 3. The van der Waals surface area contributed by atoms with Crippen LogP contribution >= 0.6 is 12.8 Å². The average molecular weight is 323 g/mol. The van der Waals surface area contributed by atoms with Crippen molar-refractivity contribution in [1.29, 1.82) is 0 Å². The quantitative estimate of drug-likeness (QED) is 0.752. The molecule has 0 saturated carbocycles. The summed E-state index contributed by atoms with van der Waals surface area (Å²) in [5.74, 6) is 0. The van der Waals surface area contributed by atoms with Gasteiger partial charge in [0.2, 0.25) is 0 Å². The minimum atomic E-state index is -0.518. The normalized spacial score (nSPS) is 13.1. The van der Waals surface area contributed by atoms with Crippen molar-refractivity contribution < 1.29 is 9.53 Å². The zero-order valence-electron chi connectivity index (χ0n) is 13.1. The summed E-state index contributed by atoms with van der Waals surface area (Å²) in [5, 5.41) is 6.97. The maximum Gasteiger partial charge on any atom is 0.407 e. The van der Waals surface area contributed by atoms with E-state index in [-0.39, 0.29) is 12.6 Å². The van der Waals surface area contributed by atoms with E-state index in [4.69, 9.17) is 4.74 Å². The Bertz CT molecular complexity index is 665. The first-order valence-electron chi connectivity index (χ1n) is 6.99. The Morgan fingerprint density at radius 1 is 1.50 bits per heavy atom. The molecule has 8 heteroatoms. The third kappa shape index (κ3) is 4.35. The number of aromatic nitrogens is 3. The van der Waals surface area contributed by atoms with Crippen molar-refractivity contribution in [1.82, 2.24) is 24.6 Å². The van der Waals surface area contributed by atoms with Gasteiger partial charge in [-0.05, 0) is 39.3 Å². The van der Waals surface area contributed by atoms with Crippen molar-refractivity contribution in [2.45, 2.75) is 45.9 Å². The first-order valence-corrected chi connectivity index (χ1v) is 7.44. The van der Waals surface area contributed by atoms with Gasteiger partial charge in [-0.25, -0.2) is 14.3 Å². The van der Waals surface area contributed by atoms with Gasteiger partial charge < -0.3 is 10.1 Å². The Morgan fingerprint density at radius 3 is 2.86 bits per heavy atom. The van der Waals surface area contributed by atoms with Crippen LogP contribution in [0.4, 0.5) is 4.79 Å². The van der Waals surface area contributed by atoms with Crippen LogP contribution in [-0.2, 0) is 11.3 Å². The number of nitrogens with one attached hydrogen (secondary N) is 2. The lowest BCUT2D eigenvalue weighted by Crippen LogP contribution is -2.32. The van der Waals surface area contributed by atoms with Gasteiger partial charge in [0, 0.05) is 6.04 Å². The highest BCUT2D eigenvalue weighted by molar-refractivity contribution is 7.78. The molecule has 120 valence electrons. The third-order valence-corrected chi connectivity index (χ3v) is 3.28. The van der Waals surface area contributed by atoms with E-state index < -0.39 is 11.7 Å². The van der Waals surface area contributed by atoms with Gasteiger partial charge in [-0.15, -0.1) is 0 Å². The fourth-order valence-corrected chi connectivity index (χ4v) is 1.96. The number of carbonyl (C=O) groups excluding carboxylic acids is 1. The number of ether oxygens (including phenoxy) is 1. The van der Waals surface area contributed by atoms with Gasteiger partial charge in [0.25, 0.3) is 0 Å². The number of carbonyl (C=O) groups is 1. The Kier molecular flexibility index (Phi) is 4.92. The van der Waals surface area contributed by atoms with Gasteiger partial charge in [0.15, 0.2) is 5.65 Å². The molecule has 1 atom stereocenters. The fourth-order valence-electron chi connectivity index (χ4n) is 1.81. The molecule has 2 heterocycles. The Morgan fingerprint density at radius 2 is 2.23 bits per heavy atom. The molecule has 0 aromatic carbocycles. The molecule has 2 aromatic heterocycles. The predicted molar refractivity (Wildman–Crippen MR) is 86.6 cm³/mol. The summed E-state index contributed by atoms with van der Waals surface area (Å²) in [4.78, 5) is 16.1. The van der Waals surface area contributed by atoms with Gasteiger partial charge >= 0.3 is 6.09 Å². The number of thiol groups is 1. The lowest BCUT2D eigenvalue weighted by molar-refractivity contribution is 0.0523. The maximum absolute atomic E-state index is 11.6. The summed E-state index contributed by atoms with van der Waals surface area (Å²) in [5.41, 5.74) is 1.89. The van der Waals surface area contributed by atoms with Crippen LogP contribution in [0, 0.1) is 0 Å². The van der Waals surface area contributed by atoms with Gasteiger partial charge in [-0.2, -0.15) is 5.10 Å². The highest BCUT2D eigenvalue weighted by Gasteiger charge is 2.16. The Labute approximate surface area is 135 Å². The molecule has 22 heavy (non-hydrogen) atoms. The van der Waals surface area contributed by atoms with Crippen molar-refractivity contribution in [3.63, 3.8) is 0 Å². The molecule has 7 nitrogen and oxygen atoms in total. The average Bonchev–Trinajstić information content (AvgIpc) is 2.84. The van der Waals surface area contributed by atoms with E-state index in [0.717, 1.165) is 5.56 Å². The van der Waals surface area contributed by atoms with Crippen LogP contribution in [0.1, 0.15) is 45.0 Å². The van der Waals surface area contributed by atoms with Crippen molar-refractivity contribution >= 4 is 24.6 Å². The van der Waals surface area contributed by atoms with Crippen molar-refractivity contribution in [2.24, 2.45) is 0 Å². The molecular formula is C14H21N5O2S. The summed E-state index contributed by atoms with van der Waals surface area (Å²) < 4.78 is 9.71. The van der Waals surface area contributed by atoms with Crippen LogP contribution in [0.25, 0.3) is 5.65 Å². The molecule has 0 bridgehead atoms. The topological polar surface area (TPSA) is 80.5 Å². The van der Waals surface area contributed by atoms with Crippen molar-refractivity contribution in [3.05, 3.63) is 29.7 Å². The standard InChI is InChI=1S/C14H21N5O2S/c1-9(18-22)10-5-12-17-11(8-19(12)16-6-10)7-15-13(20)21-14(2,3)4/h5-6,8-9,18,22H,7H2,1-4H3,(H,15,20). The molecular weight excluding hydrogens is 302 g/mol. The number of imidazole rings is 1. The largest absolute Gasteiger partial charge is 0.444 e. The van der Waals surface area contributed by atoms with Gasteiger partial charge in [-0.3, -0.25) is 4.72 Å². The van der Waals surface area contributed by atoms with Crippen molar-refractivity contribution in [3.8, 4) is 0 Å². The Balaban J connectivity index is 2.05. The lowest BCUT2D eigenvalue weighted by Gasteiger charge is -2.19. The number of alkyl carbamates (subject to hydrolysis) is 1. The second kappa shape index (κ2) is 6.53. The van der Waals surface area contributed by atoms with Gasteiger partial charge in [0.1, 0.15) is 5.60 Å². The summed E-state index contributed by atoms with van der Waals surface area (Å²) >= 11 is 4.05. The van der Waals surface area contributed by atoms with E-state index in [1.165, 1.54) is 0 Å². The van der Waals surface area contributed by atoms with Crippen LogP contribution in [-0.4, -0.2) is 26.3 Å².